The molecule has 0 aliphatic carbocycles. The largest absolute Gasteiger partial charge is 0.323 e. The summed E-state index contributed by atoms with van der Waals surface area (Å²) in [5.74, 6) is -1.70. The molecular weight excluding hydrogens is 614 g/mol. The Morgan fingerprint density at radius 3 is 2.27 bits per heavy atom. The molecule has 1 spiro atoms. The first-order chi connectivity index (χ1) is 21.3. The first kappa shape index (κ1) is 29.8. The molecule has 2 aliphatic rings. The highest BCUT2D eigenvalue weighted by atomic mass is 79.9. The van der Waals surface area contributed by atoms with Gasteiger partial charge in [0, 0.05) is 38.9 Å². The molecule has 2 aliphatic heterocycles. The maximum Gasteiger partial charge on any atom is 0.323 e. The Labute approximate surface area is 267 Å². The van der Waals surface area contributed by atoms with Gasteiger partial charge in [0.2, 0.25) is 0 Å². The molecule has 2 N–H and O–H groups in total. The number of carbonyl (C=O) groups is 3. The Hall–Kier alpha value is -4.23. The second-order valence-corrected chi connectivity index (χ2v) is 13.0. The number of amides is 3. The van der Waals surface area contributed by atoms with Crippen molar-refractivity contribution in [2.75, 3.05) is 10.6 Å². The summed E-state index contributed by atoms with van der Waals surface area (Å²) < 4.78 is 0.762. The Morgan fingerprint density at radius 1 is 0.932 bits per heavy atom. The molecule has 224 valence electrons. The Bertz CT molecular complexity index is 1710. The third-order valence-corrected chi connectivity index (χ3v) is 9.51. The average Bonchev–Trinajstić information content (AvgIpc) is 3.48. The molecule has 0 aromatic heterocycles. The van der Waals surface area contributed by atoms with Crippen LogP contribution in [0.5, 0.6) is 0 Å². The molecule has 1 saturated heterocycles. The van der Waals surface area contributed by atoms with Crippen LogP contribution >= 0.6 is 15.9 Å². The molecule has 44 heavy (non-hydrogen) atoms. The van der Waals surface area contributed by atoms with Crippen molar-refractivity contribution in [2.45, 2.75) is 51.1 Å². The van der Waals surface area contributed by atoms with E-state index < -0.39 is 29.4 Å². The van der Waals surface area contributed by atoms with E-state index in [2.05, 4.69) is 40.4 Å². The van der Waals surface area contributed by atoms with Gasteiger partial charge in [0.05, 0.1) is 5.92 Å². The van der Waals surface area contributed by atoms with Crippen LogP contribution in [0.2, 0.25) is 0 Å². The van der Waals surface area contributed by atoms with Gasteiger partial charge in [-0.1, -0.05) is 116 Å². The molecule has 0 saturated carbocycles. The van der Waals surface area contributed by atoms with E-state index in [1.165, 1.54) is 0 Å². The molecule has 1 fully saturated rings. The van der Waals surface area contributed by atoms with Gasteiger partial charge in [0.25, 0.3) is 5.91 Å². The maximum atomic E-state index is 14.9. The van der Waals surface area contributed by atoms with Crippen LogP contribution in [0.15, 0.2) is 108 Å². The molecule has 4 aromatic rings. The standard InChI is InChI=1S/C37H36BrN3O3/c1-4-24-13-11-12-18-29(24)40-36(44)41-31(21-23(2)3)32(25-14-7-5-8-15-25)33(34(42)26-16-9-6-10-17-26)37(41)28-22-27(38)19-20-30(28)39-35(37)43/h5-20,22-23,31-33H,4,21H2,1-3H3,(H,39,43)(H,40,44). The first-order valence-corrected chi connectivity index (χ1v) is 16.0. The van der Waals surface area contributed by atoms with Crippen molar-refractivity contribution in [3.8, 4) is 0 Å². The third-order valence-electron chi connectivity index (χ3n) is 9.02. The lowest BCUT2D eigenvalue weighted by Crippen LogP contribution is -2.57. The van der Waals surface area contributed by atoms with Crippen LogP contribution in [-0.2, 0) is 16.8 Å². The maximum absolute atomic E-state index is 14.9. The summed E-state index contributed by atoms with van der Waals surface area (Å²) in [4.78, 5) is 46.2. The second kappa shape index (κ2) is 12.0. The molecule has 6 rings (SSSR count). The van der Waals surface area contributed by atoms with Crippen LogP contribution < -0.4 is 10.6 Å². The minimum atomic E-state index is -1.60. The fourth-order valence-corrected chi connectivity index (χ4v) is 7.64. The van der Waals surface area contributed by atoms with Crippen molar-refractivity contribution in [1.82, 2.24) is 4.90 Å². The summed E-state index contributed by atoms with van der Waals surface area (Å²) in [7, 11) is 0. The number of likely N-dealkylation sites (tertiary alicyclic amines) is 1. The van der Waals surface area contributed by atoms with Gasteiger partial charge in [0.15, 0.2) is 11.3 Å². The number of hydrogen-bond donors (Lipinski definition) is 2. The number of nitrogens with zero attached hydrogens (tertiary/aromatic N) is 1. The number of rotatable bonds is 7. The fourth-order valence-electron chi connectivity index (χ4n) is 7.28. The van der Waals surface area contributed by atoms with Gasteiger partial charge in [-0.25, -0.2) is 4.79 Å². The predicted molar refractivity (Wildman–Crippen MR) is 178 cm³/mol. The molecular formula is C37H36BrN3O3. The molecule has 4 aromatic carbocycles. The first-order valence-electron chi connectivity index (χ1n) is 15.2. The van der Waals surface area contributed by atoms with E-state index in [1.54, 1.807) is 17.0 Å². The zero-order valence-electron chi connectivity index (χ0n) is 25.1. The quantitative estimate of drug-likeness (QED) is 0.197. The lowest BCUT2D eigenvalue weighted by Gasteiger charge is -2.39. The zero-order chi connectivity index (χ0) is 31.0. The Kier molecular flexibility index (Phi) is 8.16. The highest BCUT2D eigenvalue weighted by Crippen LogP contribution is 2.60. The fraction of sp³-hybridized carbons (Fsp3) is 0.270. The number of halogens is 1. The molecule has 6 nitrogen and oxygen atoms in total. The van der Waals surface area contributed by atoms with E-state index in [4.69, 9.17) is 0 Å². The van der Waals surface area contributed by atoms with Crippen LogP contribution in [0.1, 0.15) is 60.2 Å². The van der Waals surface area contributed by atoms with Crippen LogP contribution in [0.25, 0.3) is 0 Å². The van der Waals surface area contributed by atoms with E-state index >= 15 is 0 Å². The van der Waals surface area contributed by atoms with E-state index in [-0.39, 0.29) is 17.6 Å². The summed E-state index contributed by atoms with van der Waals surface area (Å²) in [6.07, 6.45) is 1.33. The summed E-state index contributed by atoms with van der Waals surface area (Å²) in [6.45, 7) is 6.27. The number of carbonyl (C=O) groups excluding carboxylic acids is 3. The summed E-state index contributed by atoms with van der Waals surface area (Å²) >= 11 is 3.62. The highest BCUT2D eigenvalue weighted by Gasteiger charge is 2.70. The van der Waals surface area contributed by atoms with Crippen molar-refractivity contribution in [2.24, 2.45) is 11.8 Å². The lowest BCUT2D eigenvalue weighted by atomic mass is 9.69. The number of nitrogens with one attached hydrogen (secondary N) is 2. The zero-order valence-corrected chi connectivity index (χ0v) is 26.7. The number of Topliss-reactive ketones (excluding diaryl/α,β-unsaturated/α-hetero) is 1. The average molecular weight is 651 g/mol. The summed E-state index contributed by atoms with van der Waals surface area (Å²) in [5, 5.41) is 6.26. The third kappa shape index (κ3) is 4.93. The second-order valence-electron chi connectivity index (χ2n) is 12.1. The number of hydrogen-bond acceptors (Lipinski definition) is 3. The van der Waals surface area contributed by atoms with Gasteiger partial charge in [-0.3, -0.25) is 9.59 Å². The van der Waals surface area contributed by atoms with Crippen molar-refractivity contribution in [3.05, 3.63) is 130 Å². The topological polar surface area (TPSA) is 78.5 Å². The van der Waals surface area contributed by atoms with Gasteiger partial charge in [-0.2, -0.15) is 0 Å². The Balaban J connectivity index is 1.66. The van der Waals surface area contributed by atoms with E-state index in [1.807, 2.05) is 97.9 Å². The summed E-state index contributed by atoms with van der Waals surface area (Å²) in [6, 6.07) is 31.5. The minimum absolute atomic E-state index is 0.166. The number of urea groups is 1. The molecule has 0 bridgehead atoms. The van der Waals surface area contributed by atoms with Gasteiger partial charge >= 0.3 is 6.03 Å². The molecule has 4 unspecified atom stereocenters. The number of aryl methyl sites for hydroxylation is 1. The van der Waals surface area contributed by atoms with Crippen molar-refractivity contribution in [1.29, 1.82) is 0 Å². The Morgan fingerprint density at radius 2 is 1.59 bits per heavy atom. The number of benzene rings is 4. The van der Waals surface area contributed by atoms with E-state index in [9.17, 15) is 14.4 Å². The van der Waals surface area contributed by atoms with Crippen molar-refractivity contribution in [3.63, 3.8) is 0 Å². The van der Waals surface area contributed by atoms with Gasteiger partial charge < -0.3 is 15.5 Å². The van der Waals surface area contributed by atoms with Crippen LogP contribution in [-0.4, -0.2) is 28.7 Å². The monoisotopic (exact) mass is 649 g/mol. The van der Waals surface area contributed by atoms with Crippen LogP contribution in [0.3, 0.4) is 0 Å². The van der Waals surface area contributed by atoms with Crippen molar-refractivity contribution >= 4 is 45.0 Å². The summed E-state index contributed by atoms with van der Waals surface area (Å²) in [5.41, 5.74) is 2.75. The minimum Gasteiger partial charge on any atom is -0.323 e. The lowest BCUT2D eigenvalue weighted by molar-refractivity contribution is -0.126. The van der Waals surface area contributed by atoms with Gasteiger partial charge in [0.1, 0.15) is 0 Å². The SMILES string of the molecule is CCc1ccccc1NC(=O)N1C(CC(C)C)C(c2ccccc2)C(C(=O)c2ccccc2)C12C(=O)Nc1ccc(Br)cc12. The number of ketones is 1. The predicted octanol–water partition coefficient (Wildman–Crippen LogP) is 8.40. The molecule has 2 heterocycles. The van der Waals surface area contributed by atoms with E-state index in [0.29, 0.717) is 28.9 Å². The molecule has 0 radical (unpaired) electrons. The number of para-hydroxylation sites is 1. The smallest absolute Gasteiger partial charge is 0.323 e. The highest BCUT2D eigenvalue weighted by molar-refractivity contribution is 9.10. The van der Waals surface area contributed by atoms with E-state index in [0.717, 1.165) is 22.0 Å². The molecule has 7 heteroatoms. The normalized spacial score (nSPS) is 22.2. The molecule has 4 atom stereocenters. The van der Waals surface area contributed by atoms with Crippen molar-refractivity contribution < 1.29 is 14.4 Å². The number of anilines is 2. The van der Waals surface area contributed by atoms with Crippen LogP contribution in [0.4, 0.5) is 16.2 Å². The van der Waals surface area contributed by atoms with Gasteiger partial charge in [-0.15, -0.1) is 0 Å². The number of fused-ring (bicyclic) bond motifs is 2. The molecule has 3 amide bonds. The van der Waals surface area contributed by atoms with Crippen LogP contribution in [0, 0.1) is 11.8 Å². The van der Waals surface area contributed by atoms with Gasteiger partial charge in [-0.05, 0) is 54.2 Å².